The van der Waals surface area contributed by atoms with E-state index in [4.69, 9.17) is 0 Å². The summed E-state index contributed by atoms with van der Waals surface area (Å²) in [4.78, 5) is 0. The van der Waals surface area contributed by atoms with Gasteiger partial charge in [-0.15, -0.1) is 0 Å². The van der Waals surface area contributed by atoms with Crippen molar-refractivity contribution >= 4 is 34.8 Å². The lowest BCUT2D eigenvalue weighted by Crippen LogP contribution is -1.83. The zero-order chi connectivity index (χ0) is 4.50. The minimum atomic E-state index is -2.58. The van der Waals surface area contributed by atoms with Gasteiger partial charge in [0.25, 0.3) is 0 Å². The molecule has 2 N–H and O–H groups in total. The SMILES string of the molecule is FC(Cl)(Cl)Cl.O. The summed E-state index contributed by atoms with van der Waals surface area (Å²) in [6.07, 6.45) is 0. The minimum absolute atomic E-state index is 0. The second-order valence-corrected chi connectivity index (χ2v) is 2.57. The molecule has 0 bridgehead atoms. The molecule has 0 unspecified atom stereocenters. The molecule has 0 aliphatic carbocycles. The Balaban J connectivity index is 0. The summed E-state index contributed by atoms with van der Waals surface area (Å²) in [7, 11) is 0. The third kappa shape index (κ3) is 117. The molecule has 0 aliphatic rings. The van der Waals surface area contributed by atoms with Gasteiger partial charge in [0.2, 0.25) is 0 Å². The number of alkyl halides is 4. The highest BCUT2D eigenvalue weighted by molar-refractivity contribution is 6.66. The number of hydrogen-bond donors (Lipinski definition) is 0. The van der Waals surface area contributed by atoms with Crippen LogP contribution < -0.4 is 0 Å². The summed E-state index contributed by atoms with van der Waals surface area (Å²) >= 11 is 13.2. The molecule has 0 fully saturated rings. The lowest BCUT2D eigenvalue weighted by molar-refractivity contribution is 0.507. The maximum absolute atomic E-state index is 11.0. The van der Waals surface area contributed by atoms with E-state index < -0.39 is 4.05 Å². The maximum Gasteiger partial charge on any atom is 0.333 e. The van der Waals surface area contributed by atoms with Gasteiger partial charge < -0.3 is 5.48 Å². The quantitative estimate of drug-likeness (QED) is 0.474. The van der Waals surface area contributed by atoms with E-state index in [-0.39, 0.29) is 5.48 Å². The smallest absolute Gasteiger partial charge is 0.333 e. The molecule has 0 aromatic rings. The molecule has 0 spiro atoms. The van der Waals surface area contributed by atoms with Crippen molar-refractivity contribution in [2.45, 2.75) is 4.05 Å². The molecular formula is CH2Cl3FO. The highest BCUT2D eigenvalue weighted by Crippen LogP contribution is 2.26. The zero-order valence-electron chi connectivity index (χ0n) is 2.51. The molecule has 6 heavy (non-hydrogen) atoms. The minimum Gasteiger partial charge on any atom is -0.412 e. The van der Waals surface area contributed by atoms with Crippen molar-refractivity contribution < 1.29 is 9.87 Å². The standard InChI is InChI=1S/CCl3F.H2O/c2-1(3,4)5;/h;1H2. The maximum atomic E-state index is 11.0. The van der Waals surface area contributed by atoms with Crippen LogP contribution in [0.15, 0.2) is 0 Å². The lowest BCUT2D eigenvalue weighted by Gasteiger charge is -1.89. The van der Waals surface area contributed by atoms with Crippen molar-refractivity contribution in [1.82, 2.24) is 0 Å². The summed E-state index contributed by atoms with van der Waals surface area (Å²) in [6, 6.07) is 0. The normalized spacial score (nSPS) is 10.0. The zero-order valence-corrected chi connectivity index (χ0v) is 4.78. The van der Waals surface area contributed by atoms with Crippen LogP contribution in [0.4, 0.5) is 4.39 Å². The Kier molecular flexibility index (Phi) is 4.71. The predicted molar refractivity (Wildman–Crippen MR) is 25.0 cm³/mol. The second-order valence-electron chi connectivity index (χ2n) is 0.429. The molecule has 5 heteroatoms. The van der Waals surface area contributed by atoms with Crippen LogP contribution in [0, 0.1) is 0 Å². The number of hydrogen-bond acceptors (Lipinski definition) is 0. The Bertz CT molecular complexity index is 26.3. The van der Waals surface area contributed by atoms with Gasteiger partial charge in [-0.3, -0.25) is 0 Å². The highest BCUT2D eigenvalue weighted by atomic mass is 35.6. The molecule has 0 saturated carbocycles. The van der Waals surface area contributed by atoms with Gasteiger partial charge in [-0.1, -0.05) is 0 Å². The monoisotopic (exact) mass is 154 g/mol. The van der Waals surface area contributed by atoms with Gasteiger partial charge in [-0.2, -0.15) is 4.39 Å². The Morgan fingerprint density at radius 3 is 1.17 bits per heavy atom. The second kappa shape index (κ2) is 2.86. The Labute approximate surface area is 49.3 Å². The lowest BCUT2D eigenvalue weighted by atomic mass is 11.7. The molecule has 0 amide bonds. The van der Waals surface area contributed by atoms with Crippen LogP contribution in [-0.4, -0.2) is 9.52 Å². The van der Waals surface area contributed by atoms with Crippen LogP contribution in [0.1, 0.15) is 0 Å². The van der Waals surface area contributed by atoms with Crippen LogP contribution in [0.5, 0.6) is 0 Å². The fourth-order valence-electron chi connectivity index (χ4n) is 0. The molecule has 0 aromatic carbocycles. The van der Waals surface area contributed by atoms with Gasteiger partial charge in [0, 0.05) is 0 Å². The Morgan fingerprint density at radius 1 is 1.17 bits per heavy atom. The molecule has 0 aromatic heterocycles. The van der Waals surface area contributed by atoms with E-state index in [1.165, 1.54) is 0 Å². The third-order valence-corrected chi connectivity index (χ3v) is 0. The van der Waals surface area contributed by atoms with Gasteiger partial charge >= 0.3 is 4.05 Å². The number of rotatable bonds is 0. The molecule has 0 radical (unpaired) electrons. The molecule has 40 valence electrons. The first-order valence-corrected chi connectivity index (χ1v) is 1.89. The van der Waals surface area contributed by atoms with E-state index in [2.05, 4.69) is 34.8 Å². The third-order valence-electron chi connectivity index (χ3n) is 0. The molecular weight excluding hydrogens is 153 g/mol. The first-order chi connectivity index (χ1) is 2.00. The number of halogens is 4. The molecule has 1 nitrogen and oxygen atoms in total. The summed E-state index contributed by atoms with van der Waals surface area (Å²) < 4.78 is 8.40. The van der Waals surface area contributed by atoms with Crippen LogP contribution in [-0.2, 0) is 0 Å². The topological polar surface area (TPSA) is 31.5 Å². The van der Waals surface area contributed by atoms with E-state index in [1.807, 2.05) is 0 Å². The average molecular weight is 155 g/mol. The Morgan fingerprint density at radius 2 is 1.17 bits per heavy atom. The van der Waals surface area contributed by atoms with Gasteiger partial charge in [0.1, 0.15) is 0 Å². The molecule has 0 atom stereocenters. The van der Waals surface area contributed by atoms with E-state index in [0.717, 1.165) is 0 Å². The fourth-order valence-corrected chi connectivity index (χ4v) is 0. The molecule has 0 rings (SSSR count). The van der Waals surface area contributed by atoms with E-state index in [1.54, 1.807) is 0 Å². The summed E-state index contributed by atoms with van der Waals surface area (Å²) in [5.41, 5.74) is 0. The van der Waals surface area contributed by atoms with Crippen LogP contribution >= 0.6 is 34.8 Å². The fraction of sp³-hybridized carbons (Fsp3) is 1.00. The summed E-state index contributed by atoms with van der Waals surface area (Å²) in [6.45, 7) is 0. The van der Waals surface area contributed by atoms with Crippen molar-refractivity contribution in [3.63, 3.8) is 0 Å². The largest absolute Gasteiger partial charge is 0.412 e. The summed E-state index contributed by atoms with van der Waals surface area (Å²) in [5, 5.41) is 0. The van der Waals surface area contributed by atoms with Gasteiger partial charge in [0.05, 0.1) is 0 Å². The first kappa shape index (κ1) is 9.90. The van der Waals surface area contributed by atoms with Crippen LogP contribution in [0.25, 0.3) is 0 Å². The van der Waals surface area contributed by atoms with Crippen molar-refractivity contribution in [2.75, 3.05) is 0 Å². The van der Waals surface area contributed by atoms with Gasteiger partial charge in [-0.25, -0.2) is 0 Å². The average Bonchev–Trinajstić information content (AvgIpc) is 0.722. The van der Waals surface area contributed by atoms with Gasteiger partial charge in [0.15, 0.2) is 0 Å². The van der Waals surface area contributed by atoms with Crippen LogP contribution in [0.2, 0.25) is 0 Å². The van der Waals surface area contributed by atoms with Gasteiger partial charge in [-0.05, 0) is 34.8 Å². The van der Waals surface area contributed by atoms with E-state index >= 15 is 0 Å². The van der Waals surface area contributed by atoms with E-state index in [9.17, 15) is 4.39 Å². The highest BCUT2D eigenvalue weighted by Gasteiger charge is 2.14. The van der Waals surface area contributed by atoms with Crippen molar-refractivity contribution in [1.29, 1.82) is 0 Å². The molecule has 0 aliphatic heterocycles. The summed E-state index contributed by atoms with van der Waals surface area (Å²) in [5.74, 6) is 0. The Hall–Kier alpha value is 0.760. The molecule has 0 heterocycles. The molecule has 0 saturated heterocycles. The van der Waals surface area contributed by atoms with Crippen molar-refractivity contribution in [3.8, 4) is 0 Å². The van der Waals surface area contributed by atoms with Crippen molar-refractivity contribution in [2.24, 2.45) is 0 Å². The predicted octanol–water partition coefficient (Wildman–Crippen LogP) is 1.46. The van der Waals surface area contributed by atoms with Crippen LogP contribution in [0.3, 0.4) is 0 Å². The van der Waals surface area contributed by atoms with Crippen molar-refractivity contribution in [3.05, 3.63) is 0 Å². The first-order valence-electron chi connectivity index (χ1n) is 0.756. The van der Waals surface area contributed by atoms with E-state index in [0.29, 0.717) is 0 Å².